The van der Waals surface area contributed by atoms with Gasteiger partial charge in [0.1, 0.15) is 11.4 Å². The molecule has 1 aliphatic carbocycles. The van der Waals surface area contributed by atoms with E-state index < -0.39 is 0 Å². The Morgan fingerprint density at radius 3 is 2.70 bits per heavy atom. The zero-order valence-electron chi connectivity index (χ0n) is 13.9. The lowest BCUT2D eigenvalue weighted by Gasteiger charge is -2.45. The van der Waals surface area contributed by atoms with E-state index in [4.69, 9.17) is 0 Å². The minimum absolute atomic E-state index is 0.187. The molecule has 3 nitrogen and oxygen atoms in total. The third kappa shape index (κ3) is 2.57. The number of benzene rings is 1. The van der Waals surface area contributed by atoms with E-state index in [0.29, 0.717) is 18.5 Å². The molecule has 0 bridgehead atoms. The van der Waals surface area contributed by atoms with Crippen molar-refractivity contribution in [2.75, 3.05) is 13.1 Å². The maximum Gasteiger partial charge on any atom is 0.243 e. The van der Waals surface area contributed by atoms with Crippen LogP contribution in [0.25, 0.3) is 0 Å². The molecule has 23 heavy (non-hydrogen) atoms. The number of piperidine rings is 1. The molecule has 1 unspecified atom stereocenters. The molecule has 2 saturated heterocycles. The molecule has 0 aromatic heterocycles. The van der Waals surface area contributed by atoms with Crippen LogP contribution in [0.15, 0.2) is 18.2 Å². The molecule has 2 heterocycles. The normalized spacial score (nSPS) is 28.8. The minimum Gasteiger partial charge on any atom is -0.338 e. The summed E-state index contributed by atoms with van der Waals surface area (Å²) >= 11 is 0. The summed E-state index contributed by atoms with van der Waals surface area (Å²) in [5, 5.41) is 0. The number of hydrogen-bond acceptors (Lipinski definition) is 2. The fraction of sp³-hybridized carbons (Fsp3) is 0.632. The highest BCUT2D eigenvalue weighted by molar-refractivity contribution is 5.88. The highest BCUT2D eigenvalue weighted by Gasteiger charge is 2.52. The molecular weight excluding hydrogens is 291 g/mol. The van der Waals surface area contributed by atoms with Crippen molar-refractivity contribution in [1.29, 1.82) is 0 Å². The summed E-state index contributed by atoms with van der Waals surface area (Å²) in [5.41, 5.74) is 1.80. The van der Waals surface area contributed by atoms with Gasteiger partial charge >= 0.3 is 0 Å². The summed E-state index contributed by atoms with van der Waals surface area (Å²) in [7, 11) is 0. The molecule has 1 aromatic carbocycles. The number of hydrogen-bond donors (Lipinski definition) is 0. The molecule has 1 aromatic rings. The largest absolute Gasteiger partial charge is 0.338 e. The van der Waals surface area contributed by atoms with Crippen LogP contribution in [0.3, 0.4) is 0 Å². The van der Waals surface area contributed by atoms with Gasteiger partial charge in [-0.05, 0) is 75.3 Å². The fourth-order valence-electron chi connectivity index (χ4n) is 4.46. The van der Waals surface area contributed by atoms with Crippen molar-refractivity contribution in [3.8, 4) is 0 Å². The van der Waals surface area contributed by atoms with E-state index in [0.717, 1.165) is 49.9 Å². The van der Waals surface area contributed by atoms with Crippen LogP contribution in [-0.4, -0.2) is 40.4 Å². The number of carbonyl (C=O) groups excluding carboxylic acids is 1. The Bertz CT molecular complexity index is 628. The number of amides is 1. The molecular formula is C19H25FN2O. The predicted molar refractivity (Wildman–Crippen MR) is 87.5 cm³/mol. The summed E-state index contributed by atoms with van der Waals surface area (Å²) < 4.78 is 13.6. The van der Waals surface area contributed by atoms with E-state index in [1.54, 1.807) is 6.07 Å². The molecule has 0 N–H and O–H groups in total. The van der Waals surface area contributed by atoms with Gasteiger partial charge in [0.25, 0.3) is 0 Å². The molecule has 1 amide bonds. The van der Waals surface area contributed by atoms with Crippen LogP contribution in [0.5, 0.6) is 0 Å². The van der Waals surface area contributed by atoms with Crippen LogP contribution in [0, 0.1) is 12.7 Å². The van der Waals surface area contributed by atoms with Gasteiger partial charge < -0.3 is 4.90 Å². The second-order valence-corrected chi connectivity index (χ2v) is 7.46. The Labute approximate surface area is 137 Å². The zero-order valence-corrected chi connectivity index (χ0v) is 13.9. The number of likely N-dealkylation sites (tertiary alicyclic amines) is 2. The predicted octanol–water partition coefficient (Wildman–Crippen LogP) is 3.25. The van der Waals surface area contributed by atoms with Crippen molar-refractivity contribution in [3.63, 3.8) is 0 Å². The highest BCUT2D eigenvalue weighted by Crippen LogP contribution is 2.42. The molecule has 3 aliphatic rings. The Balaban J connectivity index is 1.60. The Kier molecular flexibility index (Phi) is 3.67. The number of nitrogens with zero attached hydrogens (tertiary/aromatic N) is 2. The summed E-state index contributed by atoms with van der Waals surface area (Å²) in [5.74, 6) is 0.159. The first-order valence-electron chi connectivity index (χ1n) is 8.91. The monoisotopic (exact) mass is 316 g/mol. The van der Waals surface area contributed by atoms with Crippen molar-refractivity contribution in [2.45, 2.75) is 63.6 Å². The summed E-state index contributed by atoms with van der Waals surface area (Å²) in [6.45, 7) is 4.59. The maximum absolute atomic E-state index is 13.6. The summed E-state index contributed by atoms with van der Waals surface area (Å²) in [6, 6.07) is 5.48. The van der Waals surface area contributed by atoms with Gasteiger partial charge in [0, 0.05) is 19.1 Å². The molecule has 1 spiro atoms. The van der Waals surface area contributed by atoms with Crippen LogP contribution in [0.2, 0.25) is 0 Å². The Hall–Kier alpha value is -1.42. The topological polar surface area (TPSA) is 23.6 Å². The second-order valence-electron chi connectivity index (χ2n) is 7.46. The standard InChI is InChI=1S/C19H25FN2O/c1-14-4-5-16(20)12-15(14)13-21-10-2-8-19(21)9-3-11-22(18(19)23)17-6-7-17/h4-5,12,17H,2-3,6-11,13H2,1H3. The SMILES string of the molecule is Cc1ccc(F)cc1CN1CCCC12CCCN(C1CC1)C2=O. The number of halogens is 1. The minimum atomic E-state index is -0.320. The molecule has 124 valence electrons. The van der Waals surface area contributed by atoms with Gasteiger partial charge in [0.05, 0.1) is 0 Å². The first-order chi connectivity index (χ1) is 11.1. The lowest BCUT2D eigenvalue weighted by Crippen LogP contribution is -2.60. The van der Waals surface area contributed by atoms with Gasteiger partial charge in [-0.1, -0.05) is 6.07 Å². The molecule has 0 radical (unpaired) electrons. The van der Waals surface area contributed by atoms with Crippen molar-refractivity contribution < 1.29 is 9.18 Å². The first-order valence-corrected chi connectivity index (χ1v) is 8.91. The highest BCUT2D eigenvalue weighted by atomic mass is 19.1. The molecule has 1 atom stereocenters. The van der Waals surface area contributed by atoms with Crippen LogP contribution in [-0.2, 0) is 11.3 Å². The Morgan fingerprint density at radius 2 is 1.96 bits per heavy atom. The molecule has 4 heteroatoms. The second kappa shape index (κ2) is 5.59. The van der Waals surface area contributed by atoms with Crippen LogP contribution in [0.4, 0.5) is 4.39 Å². The van der Waals surface area contributed by atoms with E-state index in [1.807, 2.05) is 13.0 Å². The van der Waals surface area contributed by atoms with Crippen molar-refractivity contribution >= 4 is 5.91 Å². The Morgan fingerprint density at radius 1 is 1.22 bits per heavy atom. The summed E-state index contributed by atoms with van der Waals surface area (Å²) in [6.07, 6.45) is 6.43. The van der Waals surface area contributed by atoms with Gasteiger partial charge in [-0.15, -0.1) is 0 Å². The van der Waals surface area contributed by atoms with E-state index >= 15 is 0 Å². The molecule has 4 rings (SSSR count). The van der Waals surface area contributed by atoms with E-state index in [-0.39, 0.29) is 11.4 Å². The molecule has 2 aliphatic heterocycles. The third-order valence-corrected chi connectivity index (χ3v) is 5.93. The lowest BCUT2D eigenvalue weighted by molar-refractivity contribution is -0.148. The van der Waals surface area contributed by atoms with Gasteiger partial charge in [0.15, 0.2) is 0 Å². The number of rotatable bonds is 3. The maximum atomic E-state index is 13.6. The van der Waals surface area contributed by atoms with Crippen LogP contribution >= 0.6 is 0 Å². The van der Waals surface area contributed by atoms with Gasteiger partial charge in [0.2, 0.25) is 5.91 Å². The van der Waals surface area contributed by atoms with E-state index in [2.05, 4.69) is 9.80 Å². The van der Waals surface area contributed by atoms with E-state index in [1.165, 1.54) is 18.9 Å². The van der Waals surface area contributed by atoms with Crippen LogP contribution in [0.1, 0.15) is 49.7 Å². The zero-order chi connectivity index (χ0) is 16.0. The van der Waals surface area contributed by atoms with Gasteiger partial charge in [-0.3, -0.25) is 9.69 Å². The summed E-state index contributed by atoms with van der Waals surface area (Å²) in [4.78, 5) is 17.7. The third-order valence-electron chi connectivity index (χ3n) is 5.93. The average molecular weight is 316 g/mol. The quantitative estimate of drug-likeness (QED) is 0.854. The van der Waals surface area contributed by atoms with Crippen molar-refractivity contribution in [1.82, 2.24) is 9.80 Å². The van der Waals surface area contributed by atoms with Gasteiger partial charge in [-0.25, -0.2) is 4.39 Å². The van der Waals surface area contributed by atoms with E-state index in [9.17, 15) is 9.18 Å². The lowest BCUT2D eigenvalue weighted by atomic mass is 9.85. The van der Waals surface area contributed by atoms with Gasteiger partial charge in [-0.2, -0.15) is 0 Å². The van der Waals surface area contributed by atoms with Crippen molar-refractivity contribution in [3.05, 3.63) is 35.1 Å². The smallest absolute Gasteiger partial charge is 0.243 e. The molecule has 1 saturated carbocycles. The first kappa shape index (κ1) is 15.1. The number of carbonyl (C=O) groups is 1. The van der Waals surface area contributed by atoms with Crippen LogP contribution < -0.4 is 0 Å². The average Bonchev–Trinajstić information content (AvgIpc) is 3.30. The fourth-order valence-corrected chi connectivity index (χ4v) is 4.46. The van der Waals surface area contributed by atoms with Crippen molar-refractivity contribution in [2.24, 2.45) is 0 Å². The molecule has 3 fully saturated rings. The number of aryl methyl sites for hydroxylation is 1.